The van der Waals surface area contributed by atoms with Gasteiger partial charge in [-0.2, -0.15) is 0 Å². The van der Waals surface area contributed by atoms with Crippen molar-refractivity contribution in [2.75, 3.05) is 13.1 Å². The summed E-state index contributed by atoms with van der Waals surface area (Å²) < 4.78 is 0. The van der Waals surface area contributed by atoms with Crippen molar-refractivity contribution in [2.45, 2.75) is 70.8 Å². The molecule has 28 heavy (non-hydrogen) atoms. The zero-order chi connectivity index (χ0) is 21.5. The SMILES string of the molecule is CCCC(C(=O)NCCCC(=O)O)N(CCCC(=O)O)C(=O)CCCC(=O)O. The third-order valence-corrected chi connectivity index (χ3v) is 4.00. The highest BCUT2D eigenvalue weighted by Crippen LogP contribution is 2.13. The normalized spacial score (nSPS) is 11.5. The van der Waals surface area contributed by atoms with E-state index < -0.39 is 35.8 Å². The molecular weight excluding hydrogens is 372 g/mol. The highest BCUT2D eigenvalue weighted by atomic mass is 16.4. The van der Waals surface area contributed by atoms with Crippen LogP contribution in [-0.4, -0.2) is 69.1 Å². The third-order valence-electron chi connectivity index (χ3n) is 4.00. The molecule has 0 rings (SSSR count). The van der Waals surface area contributed by atoms with Gasteiger partial charge in [-0.25, -0.2) is 0 Å². The maximum Gasteiger partial charge on any atom is 0.303 e. The van der Waals surface area contributed by atoms with Crippen LogP contribution < -0.4 is 5.32 Å². The quantitative estimate of drug-likeness (QED) is 0.279. The van der Waals surface area contributed by atoms with Crippen LogP contribution in [0.3, 0.4) is 0 Å². The van der Waals surface area contributed by atoms with Crippen LogP contribution in [0.4, 0.5) is 0 Å². The highest BCUT2D eigenvalue weighted by molar-refractivity contribution is 5.87. The molecule has 0 heterocycles. The zero-order valence-electron chi connectivity index (χ0n) is 16.2. The van der Waals surface area contributed by atoms with E-state index in [2.05, 4.69) is 5.32 Å². The Kier molecular flexibility index (Phi) is 13.0. The molecule has 0 fully saturated rings. The molecule has 1 unspecified atom stereocenters. The molecule has 10 nitrogen and oxygen atoms in total. The molecule has 0 aromatic carbocycles. The molecule has 1 atom stereocenters. The van der Waals surface area contributed by atoms with E-state index >= 15 is 0 Å². The summed E-state index contributed by atoms with van der Waals surface area (Å²) in [5.74, 6) is -3.82. The van der Waals surface area contributed by atoms with Gasteiger partial charge in [0.25, 0.3) is 0 Å². The smallest absolute Gasteiger partial charge is 0.303 e. The Balaban J connectivity index is 5.04. The van der Waals surface area contributed by atoms with Gasteiger partial charge in [-0.1, -0.05) is 13.3 Å². The maximum absolute atomic E-state index is 12.6. The van der Waals surface area contributed by atoms with Gasteiger partial charge in [-0.3, -0.25) is 24.0 Å². The Hall–Kier alpha value is -2.65. The highest BCUT2D eigenvalue weighted by Gasteiger charge is 2.28. The van der Waals surface area contributed by atoms with Crippen molar-refractivity contribution in [3.8, 4) is 0 Å². The Morgan fingerprint density at radius 3 is 1.89 bits per heavy atom. The monoisotopic (exact) mass is 402 g/mol. The van der Waals surface area contributed by atoms with E-state index in [-0.39, 0.29) is 58.0 Å². The molecule has 0 saturated heterocycles. The minimum atomic E-state index is -1.02. The summed E-state index contributed by atoms with van der Waals surface area (Å²) >= 11 is 0. The van der Waals surface area contributed by atoms with E-state index in [9.17, 15) is 24.0 Å². The standard InChI is InChI=1S/C18H30N2O8/c1-2-6-13(18(28)19-11-4-9-16(24)25)20(12-5-10-17(26)27)14(21)7-3-8-15(22)23/h13H,2-12H2,1H3,(H,19,28)(H,22,23)(H,24,25)(H,26,27). The number of amides is 2. The average molecular weight is 402 g/mol. The zero-order valence-corrected chi connectivity index (χ0v) is 16.2. The van der Waals surface area contributed by atoms with Gasteiger partial charge in [0.2, 0.25) is 11.8 Å². The van der Waals surface area contributed by atoms with Crippen molar-refractivity contribution >= 4 is 29.7 Å². The molecule has 0 aromatic rings. The molecule has 0 aromatic heterocycles. The number of carbonyl (C=O) groups is 5. The van der Waals surface area contributed by atoms with Crippen LogP contribution >= 0.6 is 0 Å². The summed E-state index contributed by atoms with van der Waals surface area (Å²) in [7, 11) is 0. The van der Waals surface area contributed by atoms with E-state index in [1.807, 2.05) is 6.92 Å². The predicted molar refractivity (Wildman–Crippen MR) is 98.6 cm³/mol. The van der Waals surface area contributed by atoms with Gasteiger partial charge in [0, 0.05) is 38.8 Å². The Bertz CT molecular complexity index is 550. The van der Waals surface area contributed by atoms with Crippen LogP contribution in [0.5, 0.6) is 0 Å². The number of aliphatic carboxylic acids is 3. The Labute approximate surface area is 163 Å². The van der Waals surface area contributed by atoms with Gasteiger partial charge < -0.3 is 25.5 Å². The summed E-state index contributed by atoms with van der Waals surface area (Å²) in [6.45, 7) is 2.07. The molecule has 0 aliphatic rings. The van der Waals surface area contributed by atoms with E-state index in [1.54, 1.807) is 0 Å². The largest absolute Gasteiger partial charge is 0.481 e. The average Bonchev–Trinajstić information content (AvgIpc) is 2.59. The lowest BCUT2D eigenvalue weighted by molar-refractivity contribution is -0.143. The van der Waals surface area contributed by atoms with E-state index in [0.29, 0.717) is 12.8 Å². The van der Waals surface area contributed by atoms with Crippen LogP contribution in [-0.2, 0) is 24.0 Å². The van der Waals surface area contributed by atoms with Crippen molar-refractivity contribution < 1.29 is 39.3 Å². The molecular formula is C18H30N2O8. The molecule has 0 bridgehead atoms. The van der Waals surface area contributed by atoms with Gasteiger partial charge >= 0.3 is 17.9 Å². The second-order valence-corrected chi connectivity index (χ2v) is 6.42. The third kappa shape index (κ3) is 11.9. The molecule has 160 valence electrons. The lowest BCUT2D eigenvalue weighted by Crippen LogP contribution is -2.50. The van der Waals surface area contributed by atoms with Crippen molar-refractivity contribution in [3.05, 3.63) is 0 Å². The van der Waals surface area contributed by atoms with Crippen molar-refractivity contribution in [3.63, 3.8) is 0 Å². The maximum atomic E-state index is 12.6. The number of carbonyl (C=O) groups excluding carboxylic acids is 2. The van der Waals surface area contributed by atoms with E-state index in [4.69, 9.17) is 15.3 Å². The second kappa shape index (κ2) is 14.4. The van der Waals surface area contributed by atoms with E-state index in [1.165, 1.54) is 4.90 Å². The fourth-order valence-corrected chi connectivity index (χ4v) is 2.66. The first kappa shape index (κ1) is 25.4. The van der Waals surface area contributed by atoms with Crippen molar-refractivity contribution in [1.82, 2.24) is 10.2 Å². The van der Waals surface area contributed by atoms with Gasteiger partial charge in [0.1, 0.15) is 6.04 Å². The first-order valence-electron chi connectivity index (χ1n) is 9.41. The fraction of sp³-hybridized carbons (Fsp3) is 0.722. The number of hydrogen-bond donors (Lipinski definition) is 4. The predicted octanol–water partition coefficient (Wildman–Crippen LogP) is 1.08. The molecule has 2 amide bonds. The lowest BCUT2D eigenvalue weighted by atomic mass is 10.1. The molecule has 0 radical (unpaired) electrons. The Morgan fingerprint density at radius 1 is 0.821 bits per heavy atom. The summed E-state index contributed by atoms with van der Waals surface area (Å²) in [6.07, 6.45) is 1.06. The molecule has 0 spiro atoms. The molecule has 0 aliphatic carbocycles. The van der Waals surface area contributed by atoms with Crippen LogP contribution in [0.1, 0.15) is 64.7 Å². The van der Waals surface area contributed by atoms with Gasteiger partial charge in [-0.15, -0.1) is 0 Å². The van der Waals surface area contributed by atoms with Crippen molar-refractivity contribution in [1.29, 1.82) is 0 Å². The summed E-state index contributed by atoms with van der Waals surface area (Å²) in [5, 5.41) is 28.8. The van der Waals surface area contributed by atoms with Crippen LogP contribution in [0.15, 0.2) is 0 Å². The number of rotatable bonds is 16. The van der Waals surface area contributed by atoms with Gasteiger partial charge in [-0.05, 0) is 25.7 Å². The number of hydrogen-bond acceptors (Lipinski definition) is 5. The lowest BCUT2D eigenvalue weighted by Gasteiger charge is -2.31. The molecule has 4 N–H and O–H groups in total. The molecule has 0 saturated carbocycles. The van der Waals surface area contributed by atoms with Crippen molar-refractivity contribution in [2.24, 2.45) is 0 Å². The fourth-order valence-electron chi connectivity index (χ4n) is 2.66. The number of carboxylic acids is 3. The summed E-state index contributed by atoms with van der Waals surface area (Å²) in [6, 6.07) is -0.805. The molecule has 0 aliphatic heterocycles. The van der Waals surface area contributed by atoms with Gasteiger partial charge in [0.15, 0.2) is 0 Å². The summed E-state index contributed by atoms with van der Waals surface area (Å²) in [5.41, 5.74) is 0. The second-order valence-electron chi connectivity index (χ2n) is 6.42. The summed E-state index contributed by atoms with van der Waals surface area (Å²) in [4.78, 5) is 58.4. The van der Waals surface area contributed by atoms with E-state index in [0.717, 1.165) is 0 Å². The first-order valence-corrected chi connectivity index (χ1v) is 9.41. The first-order chi connectivity index (χ1) is 13.2. The molecule has 10 heteroatoms. The topological polar surface area (TPSA) is 161 Å². The van der Waals surface area contributed by atoms with Crippen LogP contribution in [0, 0.1) is 0 Å². The Morgan fingerprint density at radius 2 is 1.36 bits per heavy atom. The minimum Gasteiger partial charge on any atom is -0.481 e. The number of nitrogens with one attached hydrogen (secondary N) is 1. The van der Waals surface area contributed by atoms with Gasteiger partial charge in [0.05, 0.1) is 0 Å². The number of carboxylic acid groups (broad SMARTS) is 3. The van der Waals surface area contributed by atoms with Crippen LogP contribution in [0.2, 0.25) is 0 Å². The number of nitrogens with zero attached hydrogens (tertiary/aromatic N) is 1. The minimum absolute atomic E-state index is 0.0497. The van der Waals surface area contributed by atoms with Crippen LogP contribution in [0.25, 0.3) is 0 Å².